The van der Waals surface area contributed by atoms with Gasteiger partial charge in [-0.2, -0.15) is 0 Å². The maximum Gasteiger partial charge on any atom is 0.409 e. The van der Waals surface area contributed by atoms with Gasteiger partial charge in [-0.25, -0.2) is 13.6 Å². The van der Waals surface area contributed by atoms with Crippen molar-refractivity contribution < 1.29 is 33.0 Å². The van der Waals surface area contributed by atoms with Gasteiger partial charge in [0.15, 0.2) is 0 Å². The lowest BCUT2D eigenvalue weighted by molar-refractivity contribution is 0.0553. The van der Waals surface area contributed by atoms with E-state index in [9.17, 15) is 28.3 Å². The highest BCUT2D eigenvalue weighted by atomic mass is 19.1. The number of aryl methyl sites for hydroxylation is 1. The number of carbonyl (C=O) groups is 3. The predicted molar refractivity (Wildman–Crippen MR) is 168 cm³/mol. The number of carbonyl (C=O) groups excluding carboxylic acids is 3. The molecule has 0 fully saturated rings. The van der Waals surface area contributed by atoms with Crippen LogP contribution in [0.15, 0.2) is 54.6 Å². The normalized spacial score (nSPS) is 12.4. The minimum Gasteiger partial charge on any atom is -0.410 e. The molecule has 0 heterocycles. The molecule has 0 aliphatic rings. The van der Waals surface area contributed by atoms with E-state index >= 15 is 0 Å². The van der Waals surface area contributed by atoms with Crippen molar-refractivity contribution in [1.82, 2.24) is 9.80 Å². The molecule has 0 saturated carbocycles. The summed E-state index contributed by atoms with van der Waals surface area (Å²) in [6.07, 6.45) is -0.756. The van der Waals surface area contributed by atoms with Crippen LogP contribution in [-0.4, -0.2) is 64.6 Å². The highest BCUT2D eigenvalue weighted by Gasteiger charge is 2.26. The summed E-state index contributed by atoms with van der Waals surface area (Å²) in [5.41, 5.74) is 14.2. The number of nitrogens with two attached hydrogens (primary N) is 2. The maximum atomic E-state index is 14.1. The van der Waals surface area contributed by atoms with Gasteiger partial charge >= 0.3 is 6.09 Å². The Hall–Kier alpha value is -4.35. The van der Waals surface area contributed by atoms with Crippen LogP contribution in [0, 0.1) is 25.5 Å². The molecular formula is C34H42F2N4O5. The summed E-state index contributed by atoms with van der Waals surface area (Å²) in [4.78, 5) is 42.1. The molecule has 242 valence electrons. The Balaban J connectivity index is 1.97. The van der Waals surface area contributed by atoms with Crippen molar-refractivity contribution in [3.8, 4) is 5.75 Å². The van der Waals surface area contributed by atoms with Gasteiger partial charge in [-0.15, -0.1) is 0 Å². The molecule has 2 atom stereocenters. The van der Waals surface area contributed by atoms with Crippen molar-refractivity contribution >= 4 is 17.9 Å². The molecule has 3 rings (SSSR count). The number of ether oxygens (including phenoxy) is 1. The molecule has 0 aliphatic heterocycles. The van der Waals surface area contributed by atoms with Gasteiger partial charge in [-0.3, -0.25) is 9.59 Å². The molecule has 0 bridgehead atoms. The van der Waals surface area contributed by atoms with Crippen LogP contribution >= 0.6 is 0 Å². The topological polar surface area (TPSA) is 139 Å². The summed E-state index contributed by atoms with van der Waals surface area (Å²) in [7, 11) is 0. The van der Waals surface area contributed by atoms with Gasteiger partial charge in [0.1, 0.15) is 17.4 Å². The SMILES string of the molecule is CCCN(CCC)C(=O)c1cc(C)cc(C(=O)N(Cc2cccc(OC(N)=O)c2C)C[C@@H](O)[C@@H](N)Cc2cc(F)cc(F)c2)c1. The van der Waals surface area contributed by atoms with E-state index in [2.05, 4.69) is 0 Å². The van der Waals surface area contributed by atoms with Crippen LogP contribution in [0.25, 0.3) is 0 Å². The summed E-state index contributed by atoms with van der Waals surface area (Å²) >= 11 is 0. The van der Waals surface area contributed by atoms with Gasteiger partial charge in [0.05, 0.1) is 6.10 Å². The van der Waals surface area contributed by atoms with Crippen LogP contribution in [-0.2, 0) is 13.0 Å². The highest BCUT2D eigenvalue weighted by molar-refractivity contribution is 6.00. The molecule has 0 spiro atoms. The van der Waals surface area contributed by atoms with Crippen LogP contribution in [0.5, 0.6) is 5.75 Å². The fourth-order valence-corrected chi connectivity index (χ4v) is 5.22. The van der Waals surface area contributed by atoms with Crippen molar-refractivity contribution in [2.75, 3.05) is 19.6 Å². The smallest absolute Gasteiger partial charge is 0.409 e. The Morgan fingerprint density at radius 2 is 1.47 bits per heavy atom. The largest absolute Gasteiger partial charge is 0.410 e. The highest BCUT2D eigenvalue weighted by Crippen LogP contribution is 2.24. The lowest BCUT2D eigenvalue weighted by Gasteiger charge is -2.29. The molecule has 3 aromatic rings. The fourth-order valence-electron chi connectivity index (χ4n) is 5.22. The van der Waals surface area contributed by atoms with Crippen LogP contribution in [0.1, 0.15) is 69.7 Å². The van der Waals surface area contributed by atoms with Crippen molar-refractivity contribution in [3.63, 3.8) is 0 Å². The Kier molecular flexibility index (Phi) is 12.6. The third kappa shape index (κ3) is 9.82. The Morgan fingerprint density at radius 3 is 2.02 bits per heavy atom. The molecule has 5 N–H and O–H groups in total. The van der Waals surface area contributed by atoms with Gasteiger partial charge in [0, 0.05) is 49.4 Å². The zero-order valence-corrected chi connectivity index (χ0v) is 26.2. The summed E-state index contributed by atoms with van der Waals surface area (Å²) in [6.45, 7) is 8.38. The molecule has 3 amide bonds. The Labute approximate surface area is 262 Å². The first kappa shape index (κ1) is 35.1. The van der Waals surface area contributed by atoms with Gasteiger partial charge in [0.25, 0.3) is 11.8 Å². The first-order chi connectivity index (χ1) is 21.3. The van der Waals surface area contributed by atoms with E-state index < -0.39 is 35.8 Å². The van der Waals surface area contributed by atoms with Crippen molar-refractivity contribution in [2.45, 2.75) is 65.6 Å². The lowest BCUT2D eigenvalue weighted by Crippen LogP contribution is -2.46. The van der Waals surface area contributed by atoms with Gasteiger partial charge in [-0.05, 0) is 91.8 Å². The molecular weight excluding hydrogens is 582 g/mol. The Bertz CT molecular complexity index is 1490. The predicted octanol–water partition coefficient (Wildman–Crippen LogP) is 4.87. The van der Waals surface area contributed by atoms with E-state index in [4.69, 9.17) is 16.2 Å². The van der Waals surface area contributed by atoms with Crippen LogP contribution in [0.2, 0.25) is 0 Å². The van der Waals surface area contributed by atoms with Crippen LogP contribution < -0.4 is 16.2 Å². The molecule has 0 radical (unpaired) electrons. The van der Waals surface area contributed by atoms with Crippen molar-refractivity contribution in [2.24, 2.45) is 11.5 Å². The molecule has 0 saturated heterocycles. The van der Waals surface area contributed by atoms with Crippen LogP contribution in [0.3, 0.4) is 0 Å². The summed E-state index contributed by atoms with van der Waals surface area (Å²) in [5, 5.41) is 11.1. The average Bonchev–Trinajstić information content (AvgIpc) is 2.96. The second-order valence-corrected chi connectivity index (χ2v) is 11.2. The third-order valence-corrected chi connectivity index (χ3v) is 7.40. The molecule has 3 aromatic carbocycles. The summed E-state index contributed by atoms with van der Waals surface area (Å²) in [5.74, 6) is -1.97. The molecule has 0 unspecified atom stereocenters. The van der Waals surface area contributed by atoms with Crippen molar-refractivity contribution in [3.05, 3.63) is 99.6 Å². The summed E-state index contributed by atoms with van der Waals surface area (Å²) < 4.78 is 32.6. The number of aliphatic hydroxyl groups is 1. The maximum absolute atomic E-state index is 14.1. The van der Waals surface area contributed by atoms with E-state index in [1.165, 1.54) is 4.90 Å². The molecule has 45 heavy (non-hydrogen) atoms. The van der Waals surface area contributed by atoms with E-state index in [1.54, 1.807) is 55.1 Å². The zero-order chi connectivity index (χ0) is 33.3. The number of nitrogens with zero attached hydrogens (tertiary/aromatic N) is 2. The lowest BCUT2D eigenvalue weighted by atomic mass is 9.99. The van der Waals surface area contributed by atoms with E-state index in [1.807, 2.05) is 13.8 Å². The van der Waals surface area contributed by atoms with Gasteiger partial charge in [0.2, 0.25) is 0 Å². The minimum atomic E-state index is -1.29. The number of aliphatic hydroxyl groups excluding tert-OH is 1. The first-order valence-corrected chi connectivity index (χ1v) is 15.0. The van der Waals surface area contributed by atoms with E-state index in [0.717, 1.165) is 31.0 Å². The summed E-state index contributed by atoms with van der Waals surface area (Å²) in [6, 6.07) is 11.9. The van der Waals surface area contributed by atoms with E-state index in [0.29, 0.717) is 35.3 Å². The quantitative estimate of drug-likeness (QED) is 0.234. The Morgan fingerprint density at radius 1 is 0.889 bits per heavy atom. The zero-order valence-electron chi connectivity index (χ0n) is 26.2. The number of primary amides is 1. The second-order valence-electron chi connectivity index (χ2n) is 11.2. The van der Waals surface area contributed by atoms with E-state index in [-0.39, 0.29) is 42.3 Å². The van der Waals surface area contributed by atoms with Gasteiger partial charge < -0.3 is 31.1 Å². The fraction of sp³-hybridized carbons (Fsp3) is 0.382. The number of amides is 3. The standard InChI is InChI=1S/C34H42F2N4O5/c1-5-10-39(11-6-2)32(42)25-12-21(3)13-26(17-25)33(43)40(19-24-8-7-9-31(22(24)4)45-34(38)44)20-30(41)29(37)16-23-14-27(35)18-28(36)15-23/h7-9,12-15,17-18,29-30,41H,5-6,10-11,16,19-20,37H2,1-4H3,(H2,38,44)/t29-,30+/m0/s1. The molecule has 0 aromatic heterocycles. The van der Waals surface area contributed by atoms with Gasteiger partial charge in [-0.1, -0.05) is 26.0 Å². The average molecular weight is 625 g/mol. The third-order valence-electron chi connectivity index (χ3n) is 7.40. The first-order valence-electron chi connectivity index (χ1n) is 15.0. The number of rotatable bonds is 14. The number of hydrogen-bond acceptors (Lipinski definition) is 6. The molecule has 9 nitrogen and oxygen atoms in total. The van der Waals surface area contributed by atoms with Crippen LogP contribution in [0.4, 0.5) is 13.6 Å². The molecule has 11 heteroatoms. The monoisotopic (exact) mass is 624 g/mol. The number of halogens is 2. The molecule has 0 aliphatic carbocycles. The number of benzene rings is 3. The second kappa shape index (κ2) is 16.1. The number of hydrogen-bond donors (Lipinski definition) is 3. The van der Waals surface area contributed by atoms with Crippen molar-refractivity contribution in [1.29, 1.82) is 0 Å². The minimum absolute atomic E-state index is 0.0198.